The van der Waals surface area contributed by atoms with Crippen LogP contribution >= 0.6 is 0 Å². The summed E-state index contributed by atoms with van der Waals surface area (Å²) in [4.78, 5) is 4.39. The first-order chi connectivity index (χ1) is 10.3. The molecule has 0 aliphatic carbocycles. The molecule has 22 heavy (non-hydrogen) atoms. The summed E-state index contributed by atoms with van der Waals surface area (Å²) in [5.74, 6) is 1.09. The Kier molecular flexibility index (Phi) is 4.94. The molecule has 0 spiro atoms. The molecule has 0 fully saturated rings. The molecule has 0 aliphatic heterocycles. The normalized spacial score (nSPS) is 13.5. The summed E-state index contributed by atoms with van der Waals surface area (Å²) in [6.07, 6.45) is 0. The Hall–Kier alpha value is -1.77. The highest BCUT2D eigenvalue weighted by Crippen LogP contribution is 2.19. The van der Waals surface area contributed by atoms with Gasteiger partial charge in [-0.1, -0.05) is 17.3 Å². The fourth-order valence-corrected chi connectivity index (χ4v) is 2.89. The predicted octanol–water partition coefficient (Wildman–Crippen LogP) is 1.48. The number of hydrogen-bond donors (Lipinski definition) is 1. The van der Waals surface area contributed by atoms with Crippen molar-refractivity contribution in [3.63, 3.8) is 0 Å². The van der Waals surface area contributed by atoms with E-state index in [4.69, 9.17) is 4.52 Å². The fraction of sp³-hybridized carbons (Fsp3) is 0.429. The highest BCUT2D eigenvalue weighted by atomic mass is 32.2. The van der Waals surface area contributed by atoms with Gasteiger partial charge in [-0.15, -0.1) is 0 Å². The van der Waals surface area contributed by atoms with Crippen LogP contribution in [0.2, 0.25) is 0 Å². The number of sulfonamides is 1. The lowest BCUT2D eigenvalue weighted by Gasteiger charge is -2.16. The standard InChI is InChI=1S/C14H20N4O3S/c1-10(15-9-14-16-11(2)21-17-14)12-6-5-7-13(8-12)22(19,20)18(3)4/h5-8,10,15H,9H2,1-4H3/t10-/m0/s1. The van der Waals surface area contributed by atoms with E-state index in [0.29, 0.717) is 18.3 Å². The molecule has 1 aromatic heterocycles. The zero-order valence-corrected chi connectivity index (χ0v) is 13.9. The topological polar surface area (TPSA) is 88.3 Å². The fourth-order valence-electron chi connectivity index (χ4n) is 1.93. The van der Waals surface area contributed by atoms with E-state index in [2.05, 4.69) is 15.5 Å². The second kappa shape index (κ2) is 6.55. The van der Waals surface area contributed by atoms with Crippen molar-refractivity contribution >= 4 is 10.0 Å². The van der Waals surface area contributed by atoms with Gasteiger partial charge < -0.3 is 9.84 Å². The van der Waals surface area contributed by atoms with E-state index in [9.17, 15) is 8.42 Å². The van der Waals surface area contributed by atoms with E-state index >= 15 is 0 Å². The first kappa shape index (κ1) is 16.6. The number of hydrogen-bond acceptors (Lipinski definition) is 6. The molecule has 0 saturated carbocycles. The summed E-state index contributed by atoms with van der Waals surface area (Å²) in [6, 6.07) is 6.84. The summed E-state index contributed by atoms with van der Waals surface area (Å²) in [5.41, 5.74) is 0.878. The minimum Gasteiger partial charge on any atom is -0.340 e. The van der Waals surface area contributed by atoms with E-state index < -0.39 is 10.0 Å². The highest BCUT2D eigenvalue weighted by molar-refractivity contribution is 7.89. The molecule has 1 heterocycles. The van der Waals surface area contributed by atoms with Crippen LogP contribution in [0.1, 0.15) is 30.2 Å². The SMILES string of the molecule is Cc1nc(CN[C@@H](C)c2cccc(S(=O)(=O)N(C)C)c2)no1. The molecule has 0 amide bonds. The van der Waals surface area contributed by atoms with Crippen LogP contribution in [-0.2, 0) is 16.6 Å². The molecule has 2 rings (SSSR count). The van der Waals surface area contributed by atoms with Crippen molar-refractivity contribution < 1.29 is 12.9 Å². The molecule has 8 heteroatoms. The third-order valence-corrected chi connectivity index (χ3v) is 5.08. The molecule has 1 atom stereocenters. The number of aryl methyl sites for hydroxylation is 1. The number of nitrogens with zero attached hydrogens (tertiary/aromatic N) is 3. The number of nitrogens with one attached hydrogen (secondary N) is 1. The Morgan fingerprint density at radius 3 is 2.68 bits per heavy atom. The average Bonchev–Trinajstić information content (AvgIpc) is 2.90. The van der Waals surface area contributed by atoms with Crippen LogP contribution in [0.4, 0.5) is 0 Å². The van der Waals surface area contributed by atoms with E-state index in [-0.39, 0.29) is 10.9 Å². The van der Waals surface area contributed by atoms with E-state index in [0.717, 1.165) is 5.56 Å². The lowest BCUT2D eigenvalue weighted by atomic mass is 10.1. The summed E-state index contributed by atoms with van der Waals surface area (Å²) in [5, 5.41) is 7.05. The van der Waals surface area contributed by atoms with Crippen molar-refractivity contribution in [3.8, 4) is 0 Å². The van der Waals surface area contributed by atoms with Crippen molar-refractivity contribution in [2.24, 2.45) is 0 Å². The molecule has 0 radical (unpaired) electrons. The molecule has 1 N–H and O–H groups in total. The second-order valence-corrected chi connectivity index (χ2v) is 7.34. The van der Waals surface area contributed by atoms with E-state index in [1.165, 1.54) is 18.4 Å². The first-order valence-electron chi connectivity index (χ1n) is 6.86. The van der Waals surface area contributed by atoms with Crippen LogP contribution < -0.4 is 5.32 Å². The predicted molar refractivity (Wildman–Crippen MR) is 81.6 cm³/mol. The van der Waals surface area contributed by atoms with Crippen molar-refractivity contribution in [2.45, 2.75) is 31.3 Å². The average molecular weight is 324 g/mol. The molecule has 0 unspecified atom stereocenters. The number of aromatic nitrogens is 2. The molecule has 0 aliphatic rings. The lowest BCUT2D eigenvalue weighted by molar-refractivity contribution is 0.384. The zero-order chi connectivity index (χ0) is 16.3. The van der Waals surface area contributed by atoms with E-state index in [1.807, 2.05) is 13.0 Å². The number of benzene rings is 1. The Morgan fingerprint density at radius 2 is 2.09 bits per heavy atom. The minimum atomic E-state index is -3.43. The van der Waals surface area contributed by atoms with Crippen LogP contribution in [0.5, 0.6) is 0 Å². The van der Waals surface area contributed by atoms with Gasteiger partial charge in [0.05, 0.1) is 11.4 Å². The van der Waals surface area contributed by atoms with Gasteiger partial charge in [0, 0.05) is 27.1 Å². The lowest BCUT2D eigenvalue weighted by Crippen LogP contribution is -2.23. The molecular weight excluding hydrogens is 304 g/mol. The Labute approximate surface area is 130 Å². The van der Waals surface area contributed by atoms with Crippen LogP contribution in [-0.4, -0.2) is 37.0 Å². The van der Waals surface area contributed by atoms with E-state index in [1.54, 1.807) is 25.1 Å². The molecule has 2 aromatic rings. The molecule has 1 aromatic carbocycles. The Morgan fingerprint density at radius 1 is 1.36 bits per heavy atom. The van der Waals surface area contributed by atoms with Gasteiger partial charge in [-0.05, 0) is 24.6 Å². The Bertz CT molecular complexity index is 740. The number of rotatable bonds is 6. The Balaban J connectivity index is 2.12. The molecule has 7 nitrogen and oxygen atoms in total. The van der Waals surface area contributed by atoms with Crippen molar-refractivity contribution in [3.05, 3.63) is 41.5 Å². The smallest absolute Gasteiger partial charge is 0.242 e. The highest BCUT2D eigenvalue weighted by Gasteiger charge is 2.18. The summed E-state index contributed by atoms with van der Waals surface area (Å²) in [7, 11) is -0.399. The molecule has 0 saturated heterocycles. The van der Waals surface area contributed by atoms with Crippen molar-refractivity contribution in [2.75, 3.05) is 14.1 Å². The molecule has 120 valence electrons. The third kappa shape index (κ3) is 3.70. The monoisotopic (exact) mass is 324 g/mol. The zero-order valence-electron chi connectivity index (χ0n) is 13.1. The van der Waals surface area contributed by atoms with Gasteiger partial charge in [-0.3, -0.25) is 0 Å². The van der Waals surface area contributed by atoms with Crippen LogP contribution in [0, 0.1) is 6.92 Å². The van der Waals surface area contributed by atoms with Gasteiger partial charge in [-0.2, -0.15) is 4.98 Å². The van der Waals surface area contributed by atoms with Crippen molar-refractivity contribution in [1.82, 2.24) is 19.8 Å². The molecule has 0 bridgehead atoms. The minimum absolute atomic E-state index is 0.0453. The van der Waals surface area contributed by atoms with Gasteiger partial charge >= 0.3 is 0 Å². The third-order valence-electron chi connectivity index (χ3n) is 3.27. The maximum Gasteiger partial charge on any atom is 0.242 e. The van der Waals surface area contributed by atoms with Gasteiger partial charge in [-0.25, -0.2) is 12.7 Å². The summed E-state index contributed by atoms with van der Waals surface area (Å²) >= 11 is 0. The van der Waals surface area contributed by atoms with Gasteiger partial charge in [0.2, 0.25) is 15.9 Å². The van der Waals surface area contributed by atoms with Gasteiger partial charge in [0.1, 0.15) is 0 Å². The van der Waals surface area contributed by atoms with Gasteiger partial charge in [0.25, 0.3) is 0 Å². The largest absolute Gasteiger partial charge is 0.340 e. The summed E-state index contributed by atoms with van der Waals surface area (Å²) in [6.45, 7) is 4.13. The first-order valence-corrected chi connectivity index (χ1v) is 8.30. The van der Waals surface area contributed by atoms with Gasteiger partial charge in [0.15, 0.2) is 5.82 Å². The van der Waals surface area contributed by atoms with Crippen LogP contribution in [0.25, 0.3) is 0 Å². The van der Waals surface area contributed by atoms with Crippen LogP contribution in [0.15, 0.2) is 33.7 Å². The van der Waals surface area contributed by atoms with Crippen LogP contribution in [0.3, 0.4) is 0 Å². The quantitative estimate of drug-likeness (QED) is 0.866. The second-order valence-electron chi connectivity index (χ2n) is 5.19. The molecular formula is C14H20N4O3S. The maximum atomic E-state index is 12.2. The summed E-state index contributed by atoms with van der Waals surface area (Å²) < 4.78 is 30.4. The van der Waals surface area contributed by atoms with Crippen molar-refractivity contribution in [1.29, 1.82) is 0 Å². The maximum absolute atomic E-state index is 12.2.